The molecule has 1 heterocycles. The van der Waals surface area contributed by atoms with Crippen LogP contribution in [0, 0.1) is 5.82 Å². The molecule has 0 spiro atoms. The van der Waals surface area contributed by atoms with Crippen LogP contribution in [0.3, 0.4) is 0 Å². The van der Waals surface area contributed by atoms with E-state index in [0.717, 1.165) is 16.4 Å². The van der Waals surface area contributed by atoms with E-state index >= 15 is 0 Å². The largest absolute Gasteiger partial charge is 0.481 e. The van der Waals surface area contributed by atoms with E-state index < -0.39 is 11.8 Å². The molecule has 0 atom stereocenters. The minimum absolute atomic E-state index is 0.178. The van der Waals surface area contributed by atoms with Crippen molar-refractivity contribution < 1.29 is 14.3 Å². The van der Waals surface area contributed by atoms with Gasteiger partial charge in [-0.05, 0) is 18.2 Å². The van der Waals surface area contributed by atoms with Crippen LogP contribution in [0.5, 0.6) is 0 Å². The molecule has 0 fully saturated rings. The molecule has 3 N–H and O–H groups in total. The number of nitrogens with zero attached hydrogens (tertiary/aromatic N) is 3. The lowest BCUT2D eigenvalue weighted by molar-refractivity contribution is -0.133. The Morgan fingerprint density at radius 3 is 2.84 bits per heavy atom. The molecule has 0 saturated heterocycles. The maximum absolute atomic E-state index is 13.3. The van der Waals surface area contributed by atoms with Gasteiger partial charge in [0.05, 0.1) is 5.75 Å². The molecule has 1 aromatic heterocycles. The van der Waals surface area contributed by atoms with Crippen molar-refractivity contribution in [3.63, 3.8) is 0 Å². The molecule has 0 bridgehead atoms. The summed E-state index contributed by atoms with van der Waals surface area (Å²) in [6, 6.07) is 4.21. The molecule has 9 heteroatoms. The van der Waals surface area contributed by atoms with Crippen molar-refractivity contribution in [1.29, 1.82) is 0 Å². The SMILES string of the molecule is Nn1c(SCC(=O)O)nnc1-c1cc(F)cc(Br)c1. The maximum Gasteiger partial charge on any atom is 0.313 e. The number of thioether (sulfide) groups is 1. The second-order valence-corrected chi connectivity index (χ2v) is 5.37. The Morgan fingerprint density at radius 2 is 2.21 bits per heavy atom. The third kappa shape index (κ3) is 3.24. The van der Waals surface area contributed by atoms with E-state index in [-0.39, 0.29) is 16.7 Å². The van der Waals surface area contributed by atoms with E-state index in [1.165, 1.54) is 12.1 Å². The highest BCUT2D eigenvalue weighted by molar-refractivity contribution is 9.10. The number of nitrogen functional groups attached to an aromatic ring is 1. The fraction of sp³-hybridized carbons (Fsp3) is 0.100. The van der Waals surface area contributed by atoms with Crippen molar-refractivity contribution in [3.8, 4) is 11.4 Å². The number of aromatic nitrogens is 3. The Kier molecular flexibility index (Phi) is 4.05. The van der Waals surface area contributed by atoms with Gasteiger partial charge in [-0.15, -0.1) is 10.2 Å². The van der Waals surface area contributed by atoms with Gasteiger partial charge in [0.2, 0.25) is 5.16 Å². The molecule has 0 radical (unpaired) electrons. The van der Waals surface area contributed by atoms with E-state index in [9.17, 15) is 9.18 Å². The number of carboxylic acid groups (broad SMARTS) is 1. The molecule has 6 nitrogen and oxygen atoms in total. The summed E-state index contributed by atoms with van der Waals surface area (Å²) in [6.45, 7) is 0. The predicted molar refractivity (Wildman–Crippen MR) is 71.6 cm³/mol. The van der Waals surface area contributed by atoms with Gasteiger partial charge in [-0.3, -0.25) is 4.79 Å². The van der Waals surface area contributed by atoms with Crippen LogP contribution in [0.2, 0.25) is 0 Å². The number of aliphatic carboxylic acids is 1. The molecule has 2 aromatic rings. The average molecular weight is 347 g/mol. The fourth-order valence-electron chi connectivity index (χ4n) is 1.38. The summed E-state index contributed by atoms with van der Waals surface area (Å²) in [7, 11) is 0. The lowest BCUT2D eigenvalue weighted by Crippen LogP contribution is -2.12. The maximum atomic E-state index is 13.3. The van der Waals surface area contributed by atoms with E-state index in [0.29, 0.717) is 10.0 Å². The van der Waals surface area contributed by atoms with Crippen LogP contribution < -0.4 is 5.84 Å². The third-order valence-electron chi connectivity index (χ3n) is 2.11. The summed E-state index contributed by atoms with van der Waals surface area (Å²) in [5.41, 5.74) is 0.448. The second-order valence-electron chi connectivity index (χ2n) is 3.52. The standard InChI is InChI=1S/C10H8BrFN4O2S/c11-6-1-5(2-7(12)3-6)9-14-15-10(16(9)13)19-4-8(17)18/h1-3H,4,13H2,(H,17,18). The summed E-state index contributed by atoms with van der Waals surface area (Å²) in [6.07, 6.45) is 0. The van der Waals surface area contributed by atoms with Crippen LogP contribution in [-0.4, -0.2) is 31.7 Å². The van der Waals surface area contributed by atoms with Crippen LogP contribution in [0.25, 0.3) is 11.4 Å². The quantitative estimate of drug-likeness (QED) is 0.646. The first kappa shape index (κ1) is 13.8. The highest BCUT2D eigenvalue weighted by atomic mass is 79.9. The van der Waals surface area contributed by atoms with Gasteiger partial charge in [0, 0.05) is 10.0 Å². The van der Waals surface area contributed by atoms with Crippen LogP contribution in [0.4, 0.5) is 4.39 Å². The van der Waals surface area contributed by atoms with Gasteiger partial charge >= 0.3 is 5.97 Å². The number of carboxylic acids is 1. The van der Waals surface area contributed by atoms with Crippen molar-refractivity contribution in [2.45, 2.75) is 5.16 Å². The Labute approximate surface area is 119 Å². The number of nitrogens with two attached hydrogens (primary N) is 1. The molecule has 100 valence electrons. The highest BCUT2D eigenvalue weighted by Crippen LogP contribution is 2.25. The summed E-state index contributed by atoms with van der Waals surface area (Å²) in [5, 5.41) is 16.4. The summed E-state index contributed by atoms with van der Waals surface area (Å²) in [4.78, 5) is 10.5. The van der Waals surface area contributed by atoms with Gasteiger partial charge in [0.1, 0.15) is 5.82 Å². The number of carbonyl (C=O) groups is 1. The molecule has 0 saturated carbocycles. The zero-order chi connectivity index (χ0) is 14.0. The molecular weight excluding hydrogens is 339 g/mol. The molecule has 19 heavy (non-hydrogen) atoms. The monoisotopic (exact) mass is 346 g/mol. The van der Waals surface area contributed by atoms with Gasteiger partial charge in [-0.1, -0.05) is 27.7 Å². The number of halogens is 2. The molecule has 0 aliphatic heterocycles. The topological polar surface area (TPSA) is 94.0 Å². The minimum atomic E-state index is -0.983. The molecule has 2 rings (SSSR count). The smallest absolute Gasteiger partial charge is 0.313 e. The van der Waals surface area contributed by atoms with E-state index in [1.807, 2.05) is 0 Å². The van der Waals surface area contributed by atoms with Crippen molar-refractivity contribution >= 4 is 33.7 Å². The summed E-state index contributed by atoms with van der Waals surface area (Å²) < 4.78 is 15.0. The Balaban J connectivity index is 2.33. The molecular formula is C10H8BrFN4O2S. The van der Waals surface area contributed by atoms with Crippen LogP contribution in [0.15, 0.2) is 27.8 Å². The Morgan fingerprint density at radius 1 is 1.47 bits per heavy atom. The van der Waals surface area contributed by atoms with E-state index in [2.05, 4.69) is 26.1 Å². The molecule has 0 aliphatic carbocycles. The van der Waals surface area contributed by atoms with Gasteiger partial charge in [0.25, 0.3) is 0 Å². The zero-order valence-electron chi connectivity index (χ0n) is 9.38. The van der Waals surface area contributed by atoms with Crippen LogP contribution >= 0.6 is 27.7 Å². The third-order valence-corrected chi connectivity index (χ3v) is 3.50. The van der Waals surface area contributed by atoms with Gasteiger partial charge in [-0.25, -0.2) is 9.07 Å². The Bertz CT molecular complexity index is 614. The molecule has 0 aliphatic rings. The number of hydrogen-bond donors (Lipinski definition) is 2. The predicted octanol–water partition coefficient (Wildman–Crippen LogP) is 1.74. The first-order chi connectivity index (χ1) is 8.97. The first-order valence-corrected chi connectivity index (χ1v) is 6.77. The van der Waals surface area contributed by atoms with Crippen molar-refractivity contribution in [1.82, 2.24) is 14.9 Å². The molecule has 1 aromatic carbocycles. The van der Waals surface area contributed by atoms with Gasteiger partial charge in [-0.2, -0.15) is 0 Å². The van der Waals surface area contributed by atoms with E-state index in [1.54, 1.807) is 6.07 Å². The van der Waals surface area contributed by atoms with E-state index in [4.69, 9.17) is 10.9 Å². The lowest BCUT2D eigenvalue weighted by atomic mass is 10.2. The Hall–Kier alpha value is -1.61. The van der Waals surface area contributed by atoms with Gasteiger partial charge in [0.15, 0.2) is 5.82 Å². The molecule has 0 amide bonds. The number of hydrogen-bond acceptors (Lipinski definition) is 5. The van der Waals surface area contributed by atoms with Crippen molar-refractivity contribution in [2.24, 2.45) is 0 Å². The fourth-order valence-corrected chi connectivity index (χ4v) is 2.42. The van der Waals surface area contributed by atoms with Crippen molar-refractivity contribution in [3.05, 3.63) is 28.5 Å². The number of benzene rings is 1. The highest BCUT2D eigenvalue weighted by Gasteiger charge is 2.14. The van der Waals surface area contributed by atoms with Crippen LogP contribution in [0.1, 0.15) is 0 Å². The zero-order valence-corrected chi connectivity index (χ0v) is 11.8. The lowest BCUT2D eigenvalue weighted by Gasteiger charge is -2.03. The summed E-state index contributed by atoms with van der Waals surface area (Å²) >= 11 is 4.11. The second kappa shape index (κ2) is 5.57. The normalized spacial score (nSPS) is 10.6. The summed E-state index contributed by atoms with van der Waals surface area (Å²) in [5.74, 6) is 4.42. The van der Waals surface area contributed by atoms with Crippen LogP contribution in [-0.2, 0) is 4.79 Å². The number of rotatable bonds is 4. The van der Waals surface area contributed by atoms with Gasteiger partial charge < -0.3 is 10.9 Å². The minimum Gasteiger partial charge on any atom is -0.481 e. The molecule has 0 unspecified atom stereocenters. The average Bonchev–Trinajstić information content (AvgIpc) is 2.66. The first-order valence-electron chi connectivity index (χ1n) is 4.99. The van der Waals surface area contributed by atoms with Crippen molar-refractivity contribution in [2.75, 3.05) is 11.6 Å².